The first-order chi connectivity index (χ1) is 21.1. The van der Waals surface area contributed by atoms with Crippen LogP contribution in [0.25, 0.3) is 6.08 Å². The second kappa shape index (κ2) is 12.8. The van der Waals surface area contributed by atoms with Crippen LogP contribution >= 0.6 is 11.3 Å². The van der Waals surface area contributed by atoms with Crippen LogP contribution in [0.15, 0.2) is 81.7 Å². The van der Waals surface area contributed by atoms with E-state index in [-0.39, 0.29) is 24.5 Å². The average Bonchev–Trinajstić information content (AvgIpc) is 3.30. The molecule has 0 N–H and O–H groups in total. The van der Waals surface area contributed by atoms with E-state index in [4.69, 9.17) is 14.2 Å². The van der Waals surface area contributed by atoms with E-state index in [1.54, 1.807) is 38.1 Å². The van der Waals surface area contributed by atoms with Crippen molar-refractivity contribution in [2.24, 2.45) is 4.99 Å². The predicted octanol–water partition coefficient (Wildman–Crippen LogP) is 4.73. The van der Waals surface area contributed by atoms with E-state index in [0.29, 0.717) is 37.5 Å². The van der Waals surface area contributed by atoms with Gasteiger partial charge in [-0.15, -0.1) is 0 Å². The van der Waals surface area contributed by atoms with Crippen molar-refractivity contribution in [1.82, 2.24) is 4.57 Å². The molecule has 228 valence electrons. The number of carbonyl (C=O) groups excluding carboxylic acids is 1. The number of thiazole rings is 1. The van der Waals surface area contributed by atoms with Gasteiger partial charge in [0.05, 0.1) is 35.6 Å². The zero-order chi connectivity index (χ0) is 31.5. The number of nitrogens with zero attached hydrogens (tertiary/aromatic N) is 3. The SMILES string of the molecule is CCOC(=O)C1=C(C)N=c2sc(=Cc3ccc(OC)c(COc4ccc(F)cc4F)c3)c(=O)n2[C@@H]1c1ccc(N(C)C)cc1. The average molecular weight is 620 g/mol. The summed E-state index contributed by atoms with van der Waals surface area (Å²) in [6.45, 7) is 3.60. The molecule has 8 nitrogen and oxygen atoms in total. The Morgan fingerprint density at radius 2 is 1.80 bits per heavy atom. The second-order valence-electron chi connectivity index (χ2n) is 10.2. The maximum atomic E-state index is 14.1. The molecule has 0 spiro atoms. The van der Waals surface area contributed by atoms with Crippen LogP contribution in [0.3, 0.4) is 0 Å². The minimum Gasteiger partial charge on any atom is -0.496 e. The number of aromatic nitrogens is 1. The molecule has 1 aliphatic heterocycles. The fourth-order valence-corrected chi connectivity index (χ4v) is 6.01. The molecule has 2 heterocycles. The molecule has 1 aromatic heterocycles. The van der Waals surface area contributed by atoms with E-state index < -0.39 is 23.6 Å². The molecule has 11 heteroatoms. The maximum absolute atomic E-state index is 14.1. The molecule has 1 aliphatic rings. The Bertz CT molecular complexity index is 1930. The molecule has 0 radical (unpaired) electrons. The van der Waals surface area contributed by atoms with Crippen molar-refractivity contribution in [3.05, 3.63) is 120 Å². The van der Waals surface area contributed by atoms with Gasteiger partial charge in [-0.25, -0.2) is 18.6 Å². The van der Waals surface area contributed by atoms with Crippen molar-refractivity contribution in [1.29, 1.82) is 0 Å². The van der Waals surface area contributed by atoms with Crippen LogP contribution in [0.1, 0.15) is 36.6 Å². The zero-order valence-corrected chi connectivity index (χ0v) is 25.7. The quantitative estimate of drug-likeness (QED) is 0.252. The van der Waals surface area contributed by atoms with Gasteiger partial charge in [0.15, 0.2) is 16.4 Å². The molecule has 0 aliphatic carbocycles. The van der Waals surface area contributed by atoms with Crippen molar-refractivity contribution < 1.29 is 27.8 Å². The largest absolute Gasteiger partial charge is 0.496 e. The van der Waals surface area contributed by atoms with Gasteiger partial charge in [0.2, 0.25) is 0 Å². The standard InChI is InChI=1S/C33H31F2N3O5S/c1-6-42-32(40)29-19(2)36-33-38(30(29)21-8-11-24(12-9-21)37(3)4)31(39)28(44-33)16-20-7-13-26(41-5)22(15-20)18-43-27-14-10-23(34)17-25(27)35/h7-17,30H,6,18H2,1-5H3/t30-/m1/s1. The molecule has 0 unspecified atom stereocenters. The number of methoxy groups -OCH3 is 1. The highest BCUT2D eigenvalue weighted by molar-refractivity contribution is 7.07. The van der Waals surface area contributed by atoms with Crippen LogP contribution in [-0.4, -0.2) is 38.3 Å². The summed E-state index contributed by atoms with van der Waals surface area (Å²) in [5, 5.41) is 0. The van der Waals surface area contributed by atoms with Gasteiger partial charge >= 0.3 is 5.97 Å². The molecular formula is C33H31F2N3O5S. The summed E-state index contributed by atoms with van der Waals surface area (Å²) in [6.07, 6.45) is 1.72. The van der Waals surface area contributed by atoms with Gasteiger partial charge in [-0.3, -0.25) is 9.36 Å². The number of ether oxygens (including phenoxy) is 3. The van der Waals surface area contributed by atoms with E-state index >= 15 is 0 Å². The number of allylic oxidation sites excluding steroid dienone is 1. The lowest BCUT2D eigenvalue weighted by Gasteiger charge is -2.25. The second-order valence-corrected chi connectivity index (χ2v) is 11.2. The van der Waals surface area contributed by atoms with Crippen molar-refractivity contribution in [2.45, 2.75) is 26.5 Å². The maximum Gasteiger partial charge on any atom is 0.338 e. The summed E-state index contributed by atoms with van der Waals surface area (Å²) in [7, 11) is 5.37. The zero-order valence-electron chi connectivity index (χ0n) is 24.9. The molecule has 0 bridgehead atoms. The highest BCUT2D eigenvalue weighted by Crippen LogP contribution is 2.32. The fourth-order valence-electron chi connectivity index (χ4n) is 4.96. The van der Waals surface area contributed by atoms with Crippen LogP contribution in [0.4, 0.5) is 14.5 Å². The monoisotopic (exact) mass is 619 g/mol. The molecule has 5 rings (SSSR count). The molecule has 4 aromatic rings. The van der Waals surface area contributed by atoms with Gasteiger partial charge in [-0.05, 0) is 67.4 Å². The van der Waals surface area contributed by atoms with Gasteiger partial charge in [0.25, 0.3) is 5.56 Å². The number of halogens is 2. The Morgan fingerprint density at radius 3 is 2.45 bits per heavy atom. The Kier molecular flexibility index (Phi) is 8.96. The Morgan fingerprint density at radius 1 is 1.07 bits per heavy atom. The molecule has 0 saturated carbocycles. The number of carbonyl (C=O) groups is 1. The molecule has 0 saturated heterocycles. The van der Waals surface area contributed by atoms with Crippen LogP contribution < -0.4 is 29.3 Å². The van der Waals surface area contributed by atoms with Gasteiger partial charge in [0, 0.05) is 31.4 Å². The molecule has 0 fully saturated rings. The van der Waals surface area contributed by atoms with E-state index in [2.05, 4.69) is 4.99 Å². The van der Waals surface area contributed by atoms with Gasteiger partial charge < -0.3 is 19.1 Å². The number of anilines is 1. The van der Waals surface area contributed by atoms with E-state index in [0.717, 1.165) is 23.4 Å². The summed E-state index contributed by atoms with van der Waals surface area (Å²) < 4.78 is 45.8. The summed E-state index contributed by atoms with van der Waals surface area (Å²) in [5.41, 5.74) is 3.46. The van der Waals surface area contributed by atoms with Crippen molar-refractivity contribution >= 4 is 29.1 Å². The first kappa shape index (κ1) is 30.7. The normalized spacial score (nSPS) is 14.6. The van der Waals surface area contributed by atoms with Crippen molar-refractivity contribution in [3.63, 3.8) is 0 Å². The molecule has 3 aromatic carbocycles. The van der Waals surface area contributed by atoms with Crippen LogP contribution in [0, 0.1) is 11.6 Å². The van der Waals surface area contributed by atoms with Gasteiger partial charge in [-0.2, -0.15) is 0 Å². The highest BCUT2D eigenvalue weighted by Gasteiger charge is 2.33. The Hall–Kier alpha value is -4.77. The number of rotatable bonds is 9. The lowest BCUT2D eigenvalue weighted by atomic mass is 9.95. The van der Waals surface area contributed by atoms with Crippen LogP contribution in [0.2, 0.25) is 0 Å². The molecule has 44 heavy (non-hydrogen) atoms. The third-order valence-electron chi connectivity index (χ3n) is 7.12. The van der Waals surface area contributed by atoms with Crippen LogP contribution in [-0.2, 0) is 16.1 Å². The summed E-state index contributed by atoms with van der Waals surface area (Å²) in [6, 6.07) is 15.3. The lowest BCUT2D eigenvalue weighted by Crippen LogP contribution is -2.39. The summed E-state index contributed by atoms with van der Waals surface area (Å²) in [4.78, 5) is 34.2. The molecule has 1 atom stereocenters. The van der Waals surface area contributed by atoms with Crippen molar-refractivity contribution in [3.8, 4) is 11.5 Å². The number of benzene rings is 3. The lowest BCUT2D eigenvalue weighted by molar-refractivity contribution is -0.139. The number of hydrogen-bond donors (Lipinski definition) is 0. The van der Waals surface area contributed by atoms with Crippen molar-refractivity contribution in [2.75, 3.05) is 32.7 Å². The first-order valence-electron chi connectivity index (χ1n) is 13.8. The van der Waals surface area contributed by atoms with Gasteiger partial charge in [-0.1, -0.05) is 29.5 Å². The van der Waals surface area contributed by atoms with E-state index in [9.17, 15) is 18.4 Å². The minimum atomic E-state index is -0.815. The van der Waals surface area contributed by atoms with Crippen LogP contribution in [0.5, 0.6) is 11.5 Å². The summed E-state index contributed by atoms with van der Waals surface area (Å²) in [5.74, 6) is -1.64. The number of esters is 1. The smallest absolute Gasteiger partial charge is 0.338 e. The Balaban J connectivity index is 1.57. The van der Waals surface area contributed by atoms with E-state index in [1.807, 2.05) is 43.3 Å². The predicted molar refractivity (Wildman–Crippen MR) is 165 cm³/mol. The molecular weight excluding hydrogens is 588 g/mol. The third-order valence-corrected chi connectivity index (χ3v) is 8.10. The Labute approximate surface area is 256 Å². The fraction of sp³-hybridized carbons (Fsp3) is 0.242. The number of fused-ring (bicyclic) bond motifs is 1. The highest BCUT2D eigenvalue weighted by atomic mass is 32.1. The number of hydrogen-bond acceptors (Lipinski definition) is 8. The van der Waals surface area contributed by atoms with Gasteiger partial charge in [0.1, 0.15) is 18.2 Å². The topological polar surface area (TPSA) is 82.4 Å². The minimum absolute atomic E-state index is 0.0559. The van der Waals surface area contributed by atoms with E-state index in [1.165, 1.54) is 29.1 Å². The first-order valence-corrected chi connectivity index (χ1v) is 14.6. The summed E-state index contributed by atoms with van der Waals surface area (Å²) >= 11 is 1.21. The molecule has 0 amide bonds. The third kappa shape index (κ3) is 6.14.